The van der Waals surface area contributed by atoms with Gasteiger partial charge in [-0.2, -0.15) is 0 Å². The molecule has 0 saturated carbocycles. The number of aromatic hydroxyl groups is 1. The van der Waals surface area contributed by atoms with E-state index in [-0.39, 0.29) is 22.9 Å². The number of nitrogens with two attached hydrogens (primary N) is 1. The van der Waals surface area contributed by atoms with Gasteiger partial charge in [-0.05, 0) is 18.2 Å². The molecule has 0 aliphatic rings. The number of aromatic nitrogens is 1. The first kappa shape index (κ1) is 12.4. The van der Waals surface area contributed by atoms with Crippen molar-refractivity contribution in [3.8, 4) is 5.75 Å². The second-order valence-corrected chi connectivity index (χ2v) is 5.30. The Morgan fingerprint density at radius 1 is 1.39 bits per heavy atom. The number of benzene rings is 1. The van der Waals surface area contributed by atoms with Crippen LogP contribution in [0.4, 0.5) is 5.69 Å². The lowest BCUT2D eigenvalue weighted by Crippen LogP contribution is -2.23. The molecule has 1 aromatic carbocycles. The van der Waals surface area contributed by atoms with E-state index in [4.69, 9.17) is 5.73 Å². The third-order valence-electron chi connectivity index (χ3n) is 2.24. The first-order valence-electron chi connectivity index (χ1n) is 4.96. The van der Waals surface area contributed by atoms with Crippen LogP contribution in [0, 0.1) is 0 Å². The number of hydrogen-bond acceptors (Lipinski definition) is 6. The van der Waals surface area contributed by atoms with Crippen LogP contribution in [0.25, 0.3) is 0 Å². The number of sulfonamides is 1. The number of phenolic OH excluding ortho intramolecular Hbond substituents is 1. The fourth-order valence-corrected chi connectivity index (χ4v) is 2.31. The van der Waals surface area contributed by atoms with Gasteiger partial charge in [0.2, 0.25) is 10.0 Å². The van der Waals surface area contributed by atoms with Crippen LogP contribution in [0.15, 0.2) is 39.9 Å². The average Bonchev–Trinajstić information content (AvgIpc) is 2.83. The number of hydrogen-bond donors (Lipinski definition) is 3. The van der Waals surface area contributed by atoms with Crippen molar-refractivity contribution >= 4 is 15.7 Å². The summed E-state index contributed by atoms with van der Waals surface area (Å²) in [6.07, 6.45) is 1.35. The summed E-state index contributed by atoms with van der Waals surface area (Å²) in [5, 5.41) is 12.8. The standard InChI is InChI=1S/C10H11N3O4S/c11-9-5-8(1-2-10(9)14)18(15,16)12-6-7-3-4-17-13-7/h1-5,12,14H,6,11H2. The Labute approximate surface area is 103 Å². The van der Waals surface area contributed by atoms with Crippen LogP contribution in [0.2, 0.25) is 0 Å². The van der Waals surface area contributed by atoms with Crippen molar-refractivity contribution in [1.82, 2.24) is 9.88 Å². The molecule has 1 heterocycles. The lowest BCUT2D eigenvalue weighted by molar-refractivity contribution is 0.411. The number of rotatable bonds is 4. The maximum atomic E-state index is 11.9. The zero-order valence-corrected chi connectivity index (χ0v) is 10.0. The summed E-state index contributed by atoms with van der Waals surface area (Å²) in [6.45, 7) is 0.0135. The van der Waals surface area contributed by atoms with E-state index in [9.17, 15) is 13.5 Å². The second-order valence-electron chi connectivity index (χ2n) is 3.54. The van der Waals surface area contributed by atoms with Crippen molar-refractivity contribution in [1.29, 1.82) is 0 Å². The third-order valence-corrected chi connectivity index (χ3v) is 3.64. The van der Waals surface area contributed by atoms with Crippen LogP contribution in [0.5, 0.6) is 5.75 Å². The molecule has 7 nitrogen and oxygen atoms in total. The van der Waals surface area contributed by atoms with Crippen LogP contribution >= 0.6 is 0 Å². The predicted molar refractivity (Wildman–Crippen MR) is 63.0 cm³/mol. The number of phenols is 1. The highest BCUT2D eigenvalue weighted by Gasteiger charge is 2.15. The molecule has 0 spiro atoms. The highest BCUT2D eigenvalue weighted by atomic mass is 32.2. The topological polar surface area (TPSA) is 118 Å². The molecule has 2 rings (SSSR count). The van der Waals surface area contributed by atoms with Crippen molar-refractivity contribution in [2.24, 2.45) is 0 Å². The van der Waals surface area contributed by atoms with E-state index >= 15 is 0 Å². The number of nitrogen functional groups attached to an aromatic ring is 1. The van der Waals surface area contributed by atoms with Crippen molar-refractivity contribution < 1.29 is 18.0 Å². The minimum absolute atomic E-state index is 0.000638. The quantitative estimate of drug-likeness (QED) is 0.547. The largest absolute Gasteiger partial charge is 0.506 e. The molecule has 0 aliphatic heterocycles. The number of anilines is 1. The van der Waals surface area contributed by atoms with Crippen molar-refractivity contribution in [3.63, 3.8) is 0 Å². The van der Waals surface area contributed by atoms with Crippen LogP contribution in [-0.2, 0) is 16.6 Å². The Kier molecular flexibility index (Phi) is 3.21. The van der Waals surface area contributed by atoms with Gasteiger partial charge in [-0.1, -0.05) is 5.16 Å². The van der Waals surface area contributed by atoms with E-state index in [1.54, 1.807) is 6.07 Å². The van der Waals surface area contributed by atoms with Gasteiger partial charge in [0.05, 0.1) is 22.8 Å². The molecule has 2 aromatic rings. The fraction of sp³-hybridized carbons (Fsp3) is 0.100. The number of nitrogens with zero attached hydrogens (tertiary/aromatic N) is 1. The zero-order valence-electron chi connectivity index (χ0n) is 9.20. The molecule has 0 radical (unpaired) electrons. The summed E-state index contributed by atoms with van der Waals surface area (Å²) < 4.78 is 30.7. The summed E-state index contributed by atoms with van der Waals surface area (Å²) in [4.78, 5) is -0.0266. The lowest BCUT2D eigenvalue weighted by Gasteiger charge is -2.06. The van der Waals surface area contributed by atoms with Gasteiger partial charge in [-0.25, -0.2) is 13.1 Å². The molecule has 0 saturated heterocycles. The summed E-state index contributed by atoms with van der Waals surface area (Å²) in [5.41, 5.74) is 5.90. The molecule has 4 N–H and O–H groups in total. The van der Waals surface area contributed by atoms with Crippen LogP contribution in [0.3, 0.4) is 0 Å². The summed E-state index contributed by atoms with van der Waals surface area (Å²) in [6, 6.07) is 5.21. The van der Waals surface area contributed by atoms with E-state index in [2.05, 4.69) is 14.4 Å². The minimum Gasteiger partial charge on any atom is -0.506 e. The molecule has 0 amide bonds. The fourth-order valence-electron chi connectivity index (χ4n) is 1.28. The Morgan fingerprint density at radius 2 is 2.17 bits per heavy atom. The van der Waals surface area contributed by atoms with E-state index in [1.807, 2.05) is 0 Å². The highest BCUT2D eigenvalue weighted by molar-refractivity contribution is 7.89. The van der Waals surface area contributed by atoms with Gasteiger partial charge in [-0.15, -0.1) is 0 Å². The zero-order chi connectivity index (χ0) is 13.2. The van der Waals surface area contributed by atoms with Gasteiger partial charge >= 0.3 is 0 Å². The molecule has 96 valence electrons. The van der Waals surface area contributed by atoms with Crippen LogP contribution in [-0.4, -0.2) is 18.7 Å². The summed E-state index contributed by atoms with van der Waals surface area (Å²) in [7, 11) is -3.70. The second kappa shape index (κ2) is 4.67. The van der Waals surface area contributed by atoms with Gasteiger partial charge in [0.15, 0.2) is 0 Å². The van der Waals surface area contributed by atoms with Gasteiger partial charge in [0.25, 0.3) is 0 Å². The molecule has 0 unspecified atom stereocenters. The Balaban J connectivity index is 2.17. The molecule has 8 heteroatoms. The average molecular weight is 269 g/mol. The Hall–Kier alpha value is -2.06. The SMILES string of the molecule is Nc1cc(S(=O)(=O)NCc2ccon2)ccc1O. The first-order valence-corrected chi connectivity index (χ1v) is 6.45. The Bertz CT molecular complexity index is 637. The Morgan fingerprint density at radius 3 is 2.78 bits per heavy atom. The van der Waals surface area contributed by atoms with Gasteiger partial charge < -0.3 is 15.4 Å². The normalized spacial score (nSPS) is 11.6. The molecular weight excluding hydrogens is 258 g/mol. The summed E-state index contributed by atoms with van der Waals surface area (Å²) >= 11 is 0. The van der Waals surface area contributed by atoms with E-state index in [0.29, 0.717) is 5.69 Å². The molecular formula is C10H11N3O4S. The van der Waals surface area contributed by atoms with Crippen molar-refractivity contribution in [2.45, 2.75) is 11.4 Å². The molecule has 18 heavy (non-hydrogen) atoms. The van der Waals surface area contributed by atoms with E-state index in [1.165, 1.54) is 24.5 Å². The smallest absolute Gasteiger partial charge is 0.241 e. The van der Waals surface area contributed by atoms with Gasteiger partial charge in [-0.3, -0.25) is 0 Å². The maximum absolute atomic E-state index is 11.9. The molecule has 0 bridgehead atoms. The summed E-state index contributed by atoms with van der Waals surface area (Å²) in [5.74, 6) is -0.162. The maximum Gasteiger partial charge on any atom is 0.241 e. The first-order chi connectivity index (χ1) is 8.49. The molecule has 1 aromatic heterocycles. The predicted octanol–water partition coefficient (Wildman–Crippen LogP) is 0.441. The molecule has 0 atom stereocenters. The van der Waals surface area contributed by atoms with Crippen molar-refractivity contribution in [2.75, 3.05) is 5.73 Å². The molecule has 0 fully saturated rings. The van der Waals surface area contributed by atoms with Crippen LogP contribution in [0.1, 0.15) is 5.69 Å². The van der Waals surface area contributed by atoms with Crippen LogP contribution < -0.4 is 10.5 Å². The third kappa shape index (κ3) is 2.60. The monoisotopic (exact) mass is 269 g/mol. The van der Waals surface area contributed by atoms with Gasteiger partial charge in [0, 0.05) is 6.07 Å². The van der Waals surface area contributed by atoms with Crippen molar-refractivity contribution in [3.05, 3.63) is 36.2 Å². The number of nitrogens with one attached hydrogen (secondary N) is 1. The minimum atomic E-state index is -3.70. The highest BCUT2D eigenvalue weighted by Crippen LogP contribution is 2.23. The van der Waals surface area contributed by atoms with E-state index in [0.717, 1.165) is 0 Å². The molecule has 0 aliphatic carbocycles. The van der Waals surface area contributed by atoms with E-state index < -0.39 is 10.0 Å². The lowest BCUT2D eigenvalue weighted by atomic mass is 10.3. The van der Waals surface area contributed by atoms with Gasteiger partial charge in [0.1, 0.15) is 12.0 Å².